The van der Waals surface area contributed by atoms with E-state index in [9.17, 15) is 4.79 Å². The average Bonchev–Trinajstić information content (AvgIpc) is 2.73. The zero-order chi connectivity index (χ0) is 20.8. The lowest BCUT2D eigenvalue weighted by Gasteiger charge is -2.30. The van der Waals surface area contributed by atoms with Crippen LogP contribution in [0.4, 0.5) is 0 Å². The van der Waals surface area contributed by atoms with Gasteiger partial charge in [0, 0.05) is 17.7 Å². The second-order valence-electron chi connectivity index (χ2n) is 6.55. The molecule has 29 heavy (non-hydrogen) atoms. The van der Waals surface area contributed by atoms with Crippen molar-refractivity contribution in [3.05, 3.63) is 70.9 Å². The van der Waals surface area contributed by atoms with Crippen LogP contribution >= 0.6 is 12.2 Å². The summed E-state index contributed by atoms with van der Waals surface area (Å²) in [6.45, 7) is 2.09. The topological polar surface area (TPSA) is 68.8 Å². The molecule has 152 valence electrons. The molecule has 7 heteroatoms. The SMILES string of the molecule is COc1ccc(OC)c(C2NC(=S)NC(C)=C2C(=O)OCCc2ccccc2)c1. The molecule has 0 spiro atoms. The van der Waals surface area contributed by atoms with E-state index in [-0.39, 0.29) is 6.61 Å². The molecule has 0 saturated heterocycles. The number of ether oxygens (including phenoxy) is 3. The summed E-state index contributed by atoms with van der Waals surface area (Å²) in [6, 6.07) is 14.8. The van der Waals surface area contributed by atoms with Gasteiger partial charge >= 0.3 is 5.97 Å². The van der Waals surface area contributed by atoms with Crippen LogP contribution in [0.5, 0.6) is 11.5 Å². The number of hydrogen-bond acceptors (Lipinski definition) is 5. The Labute approximate surface area is 175 Å². The Morgan fingerprint density at radius 3 is 2.55 bits per heavy atom. The molecule has 0 fully saturated rings. The summed E-state index contributed by atoms with van der Waals surface area (Å²) in [6.07, 6.45) is 0.644. The molecule has 0 aliphatic carbocycles. The zero-order valence-electron chi connectivity index (χ0n) is 16.7. The number of carbonyl (C=O) groups excluding carboxylic acids is 1. The number of thiocarbonyl (C=S) groups is 1. The van der Waals surface area contributed by atoms with Crippen LogP contribution in [0, 0.1) is 0 Å². The van der Waals surface area contributed by atoms with Gasteiger partial charge in [-0.05, 0) is 42.9 Å². The quantitative estimate of drug-likeness (QED) is 0.534. The maximum absolute atomic E-state index is 13.0. The van der Waals surface area contributed by atoms with Crippen LogP contribution in [0.1, 0.15) is 24.1 Å². The van der Waals surface area contributed by atoms with Gasteiger partial charge in [-0.1, -0.05) is 30.3 Å². The normalized spacial score (nSPS) is 16.0. The molecule has 1 heterocycles. The van der Waals surface area contributed by atoms with Gasteiger partial charge in [0.15, 0.2) is 5.11 Å². The standard InChI is InChI=1S/C22H24N2O4S/c1-14-19(21(25)28-12-11-15-7-5-4-6-8-15)20(24-22(29)23-14)17-13-16(26-2)9-10-18(17)27-3/h4-10,13,20H,11-12H2,1-3H3,(H2,23,24,29). The maximum atomic E-state index is 13.0. The fraction of sp³-hybridized carbons (Fsp3) is 0.273. The van der Waals surface area contributed by atoms with Gasteiger partial charge in [-0.25, -0.2) is 4.79 Å². The summed E-state index contributed by atoms with van der Waals surface area (Å²) in [5.41, 5.74) is 2.95. The van der Waals surface area contributed by atoms with Crippen LogP contribution in [-0.4, -0.2) is 31.9 Å². The van der Waals surface area contributed by atoms with E-state index in [1.807, 2.05) is 36.4 Å². The van der Waals surface area contributed by atoms with Gasteiger partial charge in [0.1, 0.15) is 11.5 Å². The van der Waals surface area contributed by atoms with E-state index < -0.39 is 12.0 Å². The third-order valence-corrected chi connectivity index (χ3v) is 4.92. The van der Waals surface area contributed by atoms with E-state index in [4.69, 9.17) is 26.4 Å². The molecule has 0 bridgehead atoms. The Kier molecular flexibility index (Phi) is 6.72. The second-order valence-corrected chi connectivity index (χ2v) is 6.96. The fourth-order valence-corrected chi connectivity index (χ4v) is 3.52. The first-order valence-electron chi connectivity index (χ1n) is 9.24. The van der Waals surface area contributed by atoms with Crippen molar-refractivity contribution in [1.82, 2.24) is 10.6 Å². The Hall–Kier alpha value is -3.06. The number of nitrogens with one attached hydrogen (secondary N) is 2. The molecular formula is C22H24N2O4S. The van der Waals surface area contributed by atoms with Gasteiger partial charge in [-0.2, -0.15) is 0 Å². The molecule has 0 aromatic heterocycles. The largest absolute Gasteiger partial charge is 0.497 e. The van der Waals surface area contributed by atoms with Crippen molar-refractivity contribution in [2.45, 2.75) is 19.4 Å². The smallest absolute Gasteiger partial charge is 0.338 e. The second kappa shape index (κ2) is 9.43. The van der Waals surface area contributed by atoms with Crippen molar-refractivity contribution in [2.75, 3.05) is 20.8 Å². The van der Waals surface area contributed by atoms with Crippen molar-refractivity contribution in [2.24, 2.45) is 0 Å². The van der Waals surface area contributed by atoms with E-state index >= 15 is 0 Å². The molecule has 2 aromatic rings. The van der Waals surface area contributed by atoms with E-state index in [1.165, 1.54) is 0 Å². The minimum Gasteiger partial charge on any atom is -0.497 e. The molecule has 6 nitrogen and oxygen atoms in total. The highest BCUT2D eigenvalue weighted by Crippen LogP contribution is 2.35. The van der Waals surface area contributed by atoms with Crippen LogP contribution in [0.2, 0.25) is 0 Å². The molecule has 0 amide bonds. The van der Waals surface area contributed by atoms with Crippen LogP contribution in [-0.2, 0) is 16.0 Å². The monoisotopic (exact) mass is 412 g/mol. The van der Waals surface area contributed by atoms with Crippen LogP contribution in [0.15, 0.2) is 59.8 Å². The van der Waals surface area contributed by atoms with Crippen molar-refractivity contribution >= 4 is 23.3 Å². The summed E-state index contributed by atoms with van der Waals surface area (Å²) in [5, 5.41) is 6.59. The number of benzene rings is 2. The van der Waals surface area contributed by atoms with E-state index in [0.29, 0.717) is 34.3 Å². The maximum Gasteiger partial charge on any atom is 0.338 e. The van der Waals surface area contributed by atoms with Gasteiger partial charge in [-0.15, -0.1) is 0 Å². The Balaban J connectivity index is 1.85. The first kappa shape index (κ1) is 20.7. The summed E-state index contributed by atoms with van der Waals surface area (Å²) in [7, 11) is 3.17. The molecule has 3 rings (SSSR count). The third-order valence-electron chi connectivity index (χ3n) is 4.70. The number of esters is 1. The van der Waals surface area contributed by atoms with Crippen molar-refractivity contribution in [3.63, 3.8) is 0 Å². The Bertz CT molecular complexity index is 928. The lowest BCUT2D eigenvalue weighted by atomic mass is 9.94. The summed E-state index contributed by atoms with van der Waals surface area (Å²) >= 11 is 5.31. The number of rotatable bonds is 7. The van der Waals surface area contributed by atoms with Gasteiger partial charge in [0.25, 0.3) is 0 Å². The minimum absolute atomic E-state index is 0.284. The molecule has 0 radical (unpaired) electrons. The number of carbonyl (C=O) groups is 1. The molecular weight excluding hydrogens is 388 g/mol. The van der Waals surface area contributed by atoms with Crippen molar-refractivity contribution < 1.29 is 19.0 Å². The first-order chi connectivity index (χ1) is 14.0. The number of methoxy groups -OCH3 is 2. The lowest BCUT2D eigenvalue weighted by Crippen LogP contribution is -2.45. The summed E-state index contributed by atoms with van der Waals surface area (Å²) < 4.78 is 16.4. The summed E-state index contributed by atoms with van der Waals surface area (Å²) in [5.74, 6) is 0.868. The highest BCUT2D eigenvalue weighted by atomic mass is 32.1. The van der Waals surface area contributed by atoms with Gasteiger partial charge in [0.05, 0.1) is 32.4 Å². The van der Waals surface area contributed by atoms with Crippen molar-refractivity contribution in [3.8, 4) is 11.5 Å². The molecule has 1 aliphatic rings. The van der Waals surface area contributed by atoms with E-state index in [2.05, 4.69) is 10.6 Å². The predicted molar refractivity (Wildman–Crippen MR) is 115 cm³/mol. The van der Waals surface area contributed by atoms with Crippen LogP contribution < -0.4 is 20.1 Å². The van der Waals surface area contributed by atoms with Gasteiger partial charge < -0.3 is 24.8 Å². The first-order valence-corrected chi connectivity index (χ1v) is 9.65. The molecule has 1 aliphatic heterocycles. The Morgan fingerprint density at radius 2 is 1.86 bits per heavy atom. The Morgan fingerprint density at radius 1 is 1.10 bits per heavy atom. The van der Waals surface area contributed by atoms with Crippen molar-refractivity contribution in [1.29, 1.82) is 0 Å². The van der Waals surface area contributed by atoms with Crippen LogP contribution in [0.3, 0.4) is 0 Å². The molecule has 0 saturated carbocycles. The third kappa shape index (κ3) is 4.86. The highest BCUT2D eigenvalue weighted by molar-refractivity contribution is 7.80. The average molecular weight is 413 g/mol. The fourth-order valence-electron chi connectivity index (χ4n) is 3.25. The lowest BCUT2D eigenvalue weighted by molar-refractivity contribution is -0.139. The van der Waals surface area contributed by atoms with E-state index in [1.54, 1.807) is 33.3 Å². The summed E-state index contributed by atoms with van der Waals surface area (Å²) in [4.78, 5) is 13.0. The van der Waals surface area contributed by atoms with E-state index in [0.717, 1.165) is 11.1 Å². The van der Waals surface area contributed by atoms with Gasteiger partial charge in [-0.3, -0.25) is 0 Å². The van der Waals surface area contributed by atoms with Crippen LogP contribution in [0.25, 0.3) is 0 Å². The number of allylic oxidation sites excluding steroid dienone is 1. The zero-order valence-corrected chi connectivity index (χ0v) is 17.5. The highest BCUT2D eigenvalue weighted by Gasteiger charge is 2.33. The number of hydrogen-bond donors (Lipinski definition) is 2. The van der Waals surface area contributed by atoms with Gasteiger partial charge in [0.2, 0.25) is 0 Å². The molecule has 1 atom stereocenters. The minimum atomic E-state index is -0.516. The predicted octanol–water partition coefficient (Wildman–Crippen LogP) is 3.28. The molecule has 2 N–H and O–H groups in total. The molecule has 2 aromatic carbocycles. The molecule has 1 unspecified atom stereocenters.